The van der Waals surface area contributed by atoms with Gasteiger partial charge in [0.2, 0.25) is 0 Å². The third-order valence-electron chi connectivity index (χ3n) is 3.08. The minimum atomic E-state index is -1.28. The summed E-state index contributed by atoms with van der Waals surface area (Å²) in [6, 6.07) is 9.22. The van der Waals surface area contributed by atoms with E-state index in [-0.39, 0.29) is 24.6 Å². The Morgan fingerprint density at radius 1 is 1.33 bits per heavy atom. The largest absolute Gasteiger partial charge is 0.491 e. The van der Waals surface area contributed by atoms with Crippen LogP contribution in [0.25, 0.3) is 0 Å². The zero-order chi connectivity index (χ0) is 17.9. The highest BCUT2D eigenvalue weighted by molar-refractivity contribution is 5.86. The van der Waals surface area contributed by atoms with Crippen LogP contribution in [0.5, 0.6) is 0 Å². The molecule has 0 aliphatic heterocycles. The Morgan fingerprint density at radius 2 is 2.00 bits per heavy atom. The van der Waals surface area contributed by atoms with Gasteiger partial charge in [0.15, 0.2) is 5.70 Å². The van der Waals surface area contributed by atoms with Crippen LogP contribution in [0.4, 0.5) is 0 Å². The van der Waals surface area contributed by atoms with Crippen LogP contribution in [0.2, 0.25) is 0 Å². The van der Waals surface area contributed by atoms with Crippen molar-refractivity contribution in [2.75, 3.05) is 13.2 Å². The lowest BCUT2D eigenvalue weighted by Crippen LogP contribution is -2.33. The Morgan fingerprint density at radius 3 is 2.54 bits per heavy atom. The highest BCUT2D eigenvalue weighted by Crippen LogP contribution is 2.16. The molecule has 0 heterocycles. The van der Waals surface area contributed by atoms with Crippen molar-refractivity contribution in [1.29, 1.82) is 0 Å². The number of carboxylic acids is 1. The van der Waals surface area contributed by atoms with Crippen molar-refractivity contribution < 1.29 is 29.6 Å². The van der Waals surface area contributed by atoms with Crippen LogP contribution >= 0.6 is 0 Å². The van der Waals surface area contributed by atoms with Crippen LogP contribution < -0.4 is 0 Å². The maximum Gasteiger partial charge on any atom is 0.356 e. The molecule has 7 nitrogen and oxygen atoms in total. The molecule has 1 unspecified atom stereocenters. The monoisotopic (exact) mass is 335 g/mol. The molecular formula is C17H21NO6. The van der Waals surface area contributed by atoms with E-state index in [1.54, 1.807) is 0 Å². The van der Waals surface area contributed by atoms with Gasteiger partial charge in [-0.3, -0.25) is 4.79 Å². The highest BCUT2D eigenvalue weighted by atomic mass is 16.5. The van der Waals surface area contributed by atoms with Gasteiger partial charge >= 0.3 is 5.97 Å². The molecule has 7 heteroatoms. The molecule has 0 spiro atoms. The second-order valence-electron chi connectivity index (χ2n) is 4.95. The molecule has 1 atom stereocenters. The number of hydrogen-bond donors (Lipinski definition) is 3. The first kappa shape index (κ1) is 19.4. The van der Waals surface area contributed by atoms with Gasteiger partial charge in [0.25, 0.3) is 0 Å². The topological polar surface area (TPSA) is 107 Å². The molecule has 0 aromatic heterocycles. The Hall–Kier alpha value is -2.64. The molecule has 24 heavy (non-hydrogen) atoms. The van der Waals surface area contributed by atoms with Crippen molar-refractivity contribution in [3.63, 3.8) is 0 Å². The number of carbonyl (C=O) groups excluding carboxylic acids is 1. The predicted octanol–water partition coefficient (Wildman–Crippen LogP) is 0.887. The molecule has 0 bridgehead atoms. The van der Waals surface area contributed by atoms with E-state index in [2.05, 4.69) is 0 Å². The Labute approximate surface area is 140 Å². The molecule has 0 radical (unpaired) electrons. The normalized spacial score (nSPS) is 13.3. The number of aliphatic carboxylic acids is 1. The molecule has 1 aromatic carbocycles. The van der Waals surface area contributed by atoms with E-state index >= 15 is 0 Å². The van der Waals surface area contributed by atoms with Crippen LogP contribution in [0.15, 0.2) is 54.1 Å². The number of nitrogens with zero attached hydrogens (tertiary/aromatic N) is 1. The summed E-state index contributed by atoms with van der Waals surface area (Å²) in [5.74, 6) is -1.16. The maximum atomic E-state index is 11.6. The number of hydrogen-bond acceptors (Lipinski definition) is 6. The average Bonchev–Trinajstić information content (AvgIpc) is 2.58. The van der Waals surface area contributed by atoms with Crippen LogP contribution in [-0.4, -0.2) is 51.7 Å². The Bertz CT molecular complexity index is 596. The summed E-state index contributed by atoms with van der Waals surface area (Å²) >= 11 is 0. The lowest BCUT2D eigenvalue weighted by Gasteiger charge is -2.24. The van der Waals surface area contributed by atoms with Crippen molar-refractivity contribution in [2.45, 2.75) is 19.6 Å². The van der Waals surface area contributed by atoms with Gasteiger partial charge in [-0.05, 0) is 18.6 Å². The molecule has 130 valence electrons. The van der Waals surface area contributed by atoms with Crippen LogP contribution in [0, 0.1) is 0 Å². The summed E-state index contributed by atoms with van der Waals surface area (Å²) in [4.78, 5) is 23.2. The first-order valence-electron chi connectivity index (χ1n) is 7.28. The molecule has 0 saturated carbocycles. The minimum Gasteiger partial charge on any atom is -0.491 e. The number of allylic oxidation sites excluding steroid dienone is 2. The molecule has 0 saturated heterocycles. The minimum absolute atomic E-state index is 0.118. The van der Waals surface area contributed by atoms with Crippen molar-refractivity contribution in [3.05, 3.63) is 59.6 Å². The number of carboxylic acid groups (broad SMARTS) is 1. The van der Waals surface area contributed by atoms with Gasteiger partial charge in [0.1, 0.15) is 18.7 Å². The van der Waals surface area contributed by atoms with Crippen LogP contribution in [0.1, 0.15) is 12.5 Å². The lowest BCUT2D eigenvalue weighted by molar-refractivity contribution is -0.134. The van der Waals surface area contributed by atoms with E-state index in [1.165, 1.54) is 13.1 Å². The molecular weight excluding hydrogens is 314 g/mol. The molecule has 0 fully saturated rings. The number of rotatable bonds is 10. The summed E-state index contributed by atoms with van der Waals surface area (Å²) in [6.07, 6.45) is 1.62. The molecule has 0 aliphatic carbocycles. The first-order chi connectivity index (χ1) is 11.5. The summed E-state index contributed by atoms with van der Waals surface area (Å²) in [5.41, 5.74) is 0.642. The average molecular weight is 335 g/mol. The van der Waals surface area contributed by atoms with E-state index < -0.39 is 18.7 Å². The summed E-state index contributed by atoms with van der Waals surface area (Å²) < 4.78 is 5.52. The van der Waals surface area contributed by atoms with Crippen molar-refractivity contribution in [3.8, 4) is 0 Å². The van der Waals surface area contributed by atoms with Gasteiger partial charge in [0.05, 0.1) is 19.3 Å². The standard InChI is InChI=1S/C17H21NO6/c1-13(24-12-14-6-3-2-4-7-14)16(17(22)23)18(8-5-9-19)10-15(21)11-20/h2-9,15,20-21H,10-12H2,1H3,(H,22,23)/b8-5-,16-13+. The van der Waals surface area contributed by atoms with Crippen LogP contribution in [0.3, 0.4) is 0 Å². The fraction of sp³-hybridized carbons (Fsp3) is 0.294. The number of carbonyl (C=O) groups is 2. The second-order valence-corrected chi connectivity index (χ2v) is 4.95. The Balaban J connectivity index is 3.02. The third-order valence-corrected chi connectivity index (χ3v) is 3.08. The van der Waals surface area contributed by atoms with Crippen molar-refractivity contribution in [1.82, 2.24) is 4.90 Å². The third kappa shape index (κ3) is 6.23. The fourth-order valence-corrected chi connectivity index (χ4v) is 1.96. The molecule has 3 N–H and O–H groups in total. The van der Waals surface area contributed by atoms with Gasteiger partial charge < -0.3 is 25.0 Å². The van der Waals surface area contributed by atoms with E-state index in [4.69, 9.17) is 9.84 Å². The highest BCUT2D eigenvalue weighted by Gasteiger charge is 2.21. The van der Waals surface area contributed by atoms with E-state index in [0.29, 0.717) is 6.29 Å². The lowest BCUT2D eigenvalue weighted by atomic mass is 10.2. The van der Waals surface area contributed by atoms with E-state index in [0.717, 1.165) is 16.5 Å². The van der Waals surface area contributed by atoms with Gasteiger partial charge in [-0.15, -0.1) is 0 Å². The summed E-state index contributed by atoms with van der Waals surface area (Å²) in [6.45, 7) is 0.924. The zero-order valence-electron chi connectivity index (χ0n) is 13.3. The second kappa shape index (κ2) is 10.2. The fourth-order valence-electron chi connectivity index (χ4n) is 1.96. The van der Waals surface area contributed by atoms with Gasteiger partial charge in [-0.25, -0.2) is 4.79 Å². The number of ether oxygens (including phenoxy) is 1. The number of aldehydes is 1. The SMILES string of the molecule is C/C(OCc1ccccc1)=C(/C(=O)O)N(/C=C\C=O)CC(O)CO. The predicted molar refractivity (Wildman–Crippen MR) is 86.6 cm³/mol. The summed E-state index contributed by atoms with van der Waals surface area (Å²) in [5, 5.41) is 28.0. The number of aliphatic hydroxyl groups is 2. The molecule has 1 rings (SSSR count). The molecule has 0 amide bonds. The summed E-state index contributed by atoms with van der Waals surface area (Å²) in [7, 11) is 0. The zero-order valence-corrected chi connectivity index (χ0v) is 13.3. The van der Waals surface area contributed by atoms with Gasteiger partial charge in [0, 0.05) is 6.20 Å². The Kier molecular flexibility index (Phi) is 8.24. The first-order valence-corrected chi connectivity index (χ1v) is 7.28. The molecule has 1 aromatic rings. The van der Waals surface area contributed by atoms with E-state index in [1.807, 2.05) is 30.3 Å². The number of aliphatic hydroxyl groups excluding tert-OH is 2. The smallest absolute Gasteiger partial charge is 0.356 e. The maximum absolute atomic E-state index is 11.6. The number of benzene rings is 1. The molecule has 0 aliphatic rings. The quantitative estimate of drug-likeness (QED) is 0.331. The van der Waals surface area contributed by atoms with E-state index in [9.17, 15) is 19.8 Å². The van der Waals surface area contributed by atoms with Gasteiger partial charge in [-0.1, -0.05) is 30.3 Å². The van der Waals surface area contributed by atoms with Crippen molar-refractivity contribution >= 4 is 12.3 Å². The van der Waals surface area contributed by atoms with Crippen molar-refractivity contribution in [2.24, 2.45) is 0 Å². The van der Waals surface area contributed by atoms with Crippen LogP contribution in [-0.2, 0) is 20.9 Å². The van der Waals surface area contributed by atoms with Gasteiger partial charge in [-0.2, -0.15) is 0 Å².